The number of fused-ring (bicyclic) bond motifs is 2. The Hall–Kier alpha value is -4.36. The summed E-state index contributed by atoms with van der Waals surface area (Å²) in [5.74, 6) is 0.599. The molecule has 2 aliphatic heterocycles. The molecule has 2 N–H and O–H groups in total. The predicted molar refractivity (Wildman–Crippen MR) is 129 cm³/mol. The van der Waals surface area contributed by atoms with Gasteiger partial charge in [0.1, 0.15) is 5.52 Å². The maximum Gasteiger partial charge on any atom is 0.253 e. The third-order valence-corrected chi connectivity index (χ3v) is 6.79. The Morgan fingerprint density at radius 3 is 2.74 bits per heavy atom. The number of carbonyl (C=O) groups excluding carboxylic acids is 1. The largest absolute Gasteiger partial charge is 0.339 e. The third kappa shape index (κ3) is 4.18. The van der Waals surface area contributed by atoms with Crippen molar-refractivity contribution in [1.29, 1.82) is 5.26 Å². The average Bonchev–Trinajstić information content (AvgIpc) is 3.55. The van der Waals surface area contributed by atoms with Crippen molar-refractivity contribution in [3.05, 3.63) is 71.0 Å². The van der Waals surface area contributed by atoms with Crippen LogP contribution in [0.2, 0.25) is 0 Å². The van der Waals surface area contributed by atoms with E-state index in [2.05, 4.69) is 36.7 Å². The van der Waals surface area contributed by atoms with E-state index in [-0.39, 0.29) is 5.91 Å². The van der Waals surface area contributed by atoms with E-state index in [4.69, 9.17) is 10.2 Å². The molecule has 1 amide bonds. The molecule has 0 unspecified atom stereocenters. The van der Waals surface area contributed by atoms with E-state index >= 15 is 0 Å². The second kappa shape index (κ2) is 8.77. The van der Waals surface area contributed by atoms with Crippen LogP contribution in [-0.4, -0.2) is 60.2 Å². The molecular formula is C25H23N9O. The van der Waals surface area contributed by atoms with Crippen LogP contribution in [0.25, 0.3) is 11.0 Å². The van der Waals surface area contributed by atoms with E-state index in [0.717, 1.165) is 61.5 Å². The molecule has 10 nitrogen and oxygen atoms in total. The predicted octanol–water partition coefficient (Wildman–Crippen LogP) is 2.98. The van der Waals surface area contributed by atoms with Gasteiger partial charge < -0.3 is 10.2 Å². The third-order valence-electron chi connectivity index (χ3n) is 6.79. The highest BCUT2D eigenvalue weighted by Gasteiger charge is 2.31. The Kier molecular flexibility index (Phi) is 5.31. The van der Waals surface area contributed by atoms with E-state index in [1.807, 2.05) is 35.4 Å². The first-order valence-corrected chi connectivity index (χ1v) is 11.6. The number of benzene rings is 2. The van der Waals surface area contributed by atoms with Crippen molar-refractivity contribution in [2.75, 3.05) is 18.4 Å². The van der Waals surface area contributed by atoms with Gasteiger partial charge in [-0.25, -0.2) is 9.97 Å². The van der Waals surface area contributed by atoms with Crippen molar-refractivity contribution in [3.8, 4) is 6.07 Å². The van der Waals surface area contributed by atoms with Crippen molar-refractivity contribution in [3.63, 3.8) is 0 Å². The van der Waals surface area contributed by atoms with Gasteiger partial charge in [0, 0.05) is 55.2 Å². The fraction of sp³-hybridized carbons (Fsp3) is 0.280. The van der Waals surface area contributed by atoms with E-state index < -0.39 is 0 Å². The summed E-state index contributed by atoms with van der Waals surface area (Å²) in [6.07, 6.45) is 3.75. The molecule has 10 heteroatoms. The highest BCUT2D eigenvalue weighted by Crippen LogP contribution is 2.29. The summed E-state index contributed by atoms with van der Waals surface area (Å²) in [6.45, 7) is 3.06. The Balaban J connectivity index is 1.06. The molecule has 2 aromatic carbocycles. The lowest BCUT2D eigenvalue weighted by Crippen LogP contribution is -2.45. The number of hydrogen-bond donors (Lipinski definition) is 2. The van der Waals surface area contributed by atoms with Crippen LogP contribution in [0.1, 0.15) is 40.0 Å². The summed E-state index contributed by atoms with van der Waals surface area (Å²) in [6, 6.07) is 15.2. The maximum absolute atomic E-state index is 13.0. The number of nitriles is 1. The van der Waals surface area contributed by atoms with Gasteiger partial charge >= 0.3 is 0 Å². The van der Waals surface area contributed by atoms with Crippen LogP contribution in [0, 0.1) is 11.3 Å². The highest BCUT2D eigenvalue weighted by atomic mass is 16.2. The quantitative estimate of drug-likeness (QED) is 0.471. The molecule has 174 valence electrons. The van der Waals surface area contributed by atoms with Gasteiger partial charge in [-0.05, 0) is 55.3 Å². The number of H-pyrrole nitrogens is 1. The fourth-order valence-electron chi connectivity index (χ4n) is 4.85. The number of aromatic amines is 1. The minimum atomic E-state index is 0.0439. The van der Waals surface area contributed by atoms with E-state index in [9.17, 15) is 4.79 Å². The molecule has 0 spiro atoms. The van der Waals surface area contributed by atoms with Crippen LogP contribution in [0.3, 0.4) is 0 Å². The number of carbonyl (C=O) groups is 1. The van der Waals surface area contributed by atoms with E-state index in [0.29, 0.717) is 28.6 Å². The molecule has 0 bridgehead atoms. The minimum Gasteiger partial charge on any atom is -0.339 e. The minimum absolute atomic E-state index is 0.0439. The number of nitrogens with zero attached hydrogens (tertiary/aromatic N) is 7. The fourth-order valence-corrected chi connectivity index (χ4v) is 4.85. The van der Waals surface area contributed by atoms with Crippen LogP contribution >= 0.6 is 0 Å². The van der Waals surface area contributed by atoms with E-state index in [1.165, 1.54) is 0 Å². The maximum atomic E-state index is 13.0. The Labute approximate surface area is 201 Å². The monoisotopic (exact) mass is 465 g/mol. The summed E-state index contributed by atoms with van der Waals surface area (Å²) >= 11 is 0. The van der Waals surface area contributed by atoms with Gasteiger partial charge in [0.15, 0.2) is 0 Å². The molecule has 0 atom stereocenters. The molecule has 0 saturated carbocycles. The average molecular weight is 466 g/mol. The lowest BCUT2D eigenvalue weighted by Gasteiger charge is -2.36. The summed E-state index contributed by atoms with van der Waals surface area (Å²) in [5, 5.41) is 22.8. The van der Waals surface area contributed by atoms with Crippen molar-refractivity contribution in [2.45, 2.75) is 32.0 Å². The molecule has 0 radical (unpaired) electrons. The number of amides is 1. The molecule has 4 aromatic rings. The zero-order valence-corrected chi connectivity index (χ0v) is 19.0. The SMILES string of the molecule is N#Cc1ccc(Nc2ncc3c(n2)CN(C2CCN(C(=O)c4ccc5[nH]nnc5c4)CC2)C3)cc1. The molecule has 4 heterocycles. The summed E-state index contributed by atoms with van der Waals surface area (Å²) in [4.78, 5) is 26.6. The van der Waals surface area contributed by atoms with Crippen LogP contribution in [0.15, 0.2) is 48.7 Å². The van der Waals surface area contributed by atoms with Crippen molar-refractivity contribution >= 4 is 28.6 Å². The topological polar surface area (TPSA) is 127 Å². The van der Waals surface area contributed by atoms with Crippen LogP contribution in [0.4, 0.5) is 11.6 Å². The number of hydrogen-bond acceptors (Lipinski definition) is 8. The zero-order chi connectivity index (χ0) is 23.8. The second-order valence-corrected chi connectivity index (χ2v) is 8.95. The van der Waals surface area contributed by atoms with Crippen LogP contribution in [-0.2, 0) is 13.1 Å². The van der Waals surface area contributed by atoms with Gasteiger partial charge in [-0.15, -0.1) is 5.10 Å². The molecule has 0 aliphatic carbocycles. The molecule has 2 aromatic heterocycles. The van der Waals surface area contributed by atoms with Crippen molar-refractivity contribution in [2.24, 2.45) is 0 Å². The summed E-state index contributed by atoms with van der Waals surface area (Å²) < 4.78 is 0. The first-order chi connectivity index (χ1) is 17.2. The number of anilines is 2. The molecular weight excluding hydrogens is 442 g/mol. The number of rotatable bonds is 4. The van der Waals surface area contributed by atoms with Gasteiger partial charge in [0.25, 0.3) is 5.91 Å². The van der Waals surface area contributed by atoms with E-state index in [1.54, 1.807) is 18.2 Å². The van der Waals surface area contributed by atoms with Gasteiger partial charge in [-0.3, -0.25) is 14.8 Å². The highest BCUT2D eigenvalue weighted by molar-refractivity contribution is 5.97. The van der Waals surface area contributed by atoms with Gasteiger partial charge in [0.05, 0.1) is 22.8 Å². The Morgan fingerprint density at radius 1 is 1.11 bits per heavy atom. The standard InChI is InChI=1S/C25H23N9O/c26-12-16-1-4-19(5-2-16)28-25-27-13-18-14-34(15-23(18)29-25)20-7-9-33(10-8-20)24(35)17-3-6-21-22(11-17)31-32-30-21/h1-6,11,13,20H,7-10,14-15H2,(H,27,28,29)(H,30,31,32). The normalized spacial score (nSPS) is 16.3. The first-order valence-electron chi connectivity index (χ1n) is 11.6. The van der Waals surface area contributed by atoms with Gasteiger partial charge in [-0.1, -0.05) is 5.21 Å². The van der Waals surface area contributed by atoms with Crippen molar-refractivity contribution in [1.82, 2.24) is 35.2 Å². The van der Waals surface area contributed by atoms with Gasteiger partial charge in [-0.2, -0.15) is 5.26 Å². The molecule has 6 rings (SSSR count). The van der Waals surface area contributed by atoms with Crippen LogP contribution < -0.4 is 5.32 Å². The number of nitrogens with one attached hydrogen (secondary N) is 2. The summed E-state index contributed by atoms with van der Waals surface area (Å²) in [5.41, 5.74) is 5.83. The molecule has 2 aliphatic rings. The Bertz CT molecular complexity index is 1430. The molecule has 1 saturated heterocycles. The summed E-state index contributed by atoms with van der Waals surface area (Å²) in [7, 11) is 0. The molecule has 35 heavy (non-hydrogen) atoms. The lowest BCUT2D eigenvalue weighted by atomic mass is 10.0. The lowest BCUT2D eigenvalue weighted by molar-refractivity contribution is 0.0613. The number of piperidine rings is 1. The molecule has 1 fully saturated rings. The van der Waals surface area contributed by atoms with Crippen molar-refractivity contribution < 1.29 is 4.79 Å². The number of aromatic nitrogens is 5. The zero-order valence-electron chi connectivity index (χ0n) is 19.0. The number of likely N-dealkylation sites (tertiary alicyclic amines) is 1. The smallest absolute Gasteiger partial charge is 0.253 e. The Morgan fingerprint density at radius 2 is 1.94 bits per heavy atom. The second-order valence-electron chi connectivity index (χ2n) is 8.95. The first kappa shape index (κ1) is 21.2. The van der Waals surface area contributed by atoms with Gasteiger partial charge in [0.2, 0.25) is 5.95 Å². The van der Waals surface area contributed by atoms with Crippen LogP contribution in [0.5, 0.6) is 0 Å².